The lowest BCUT2D eigenvalue weighted by atomic mass is 9.96. The number of hydrogen-bond donors (Lipinski definition) is 1. The van der Waals surface area contributed by atoms with E-state index < -0.39 is 0 Å². The van der Waals surface area contributed by atoms with Gasteiger partial charge in [0.1, 0.15) is 0 Å². The van der Waals surface area contributed by atoms with Gasteiger partial charge in [-0.1, -0.05) is 13.8 Å². The van der Waals surface area contributed by atoms with Crippen LogP contribution in [0.1, 0.15) is 32.3 Å². The van der Waals surface area contributed by atoms with Crippen LogP contribution in [0.3, 0.4) is 0 Å². The highest BCUT2D eigenvalue weighted by atomic mass is 15.1. The molecular weight excluding hydrogens is 222 g/mol. The molecule has 2 heterocycles. The van der Waals surface area contributed by atoms with Gasteiger partial charge in [0.25, 0.3) is 0 Å². The molecule has 3 heteroatoms. The average Bonchev–Trinajstić information content (AvgIpc) is 2.38. The van der Waals surface area contributed by atoms with Crippen molar-refractivity contribution in [2.24, 2.45) is 5.92 Å². The summed E-state index contributed by atoms with van der Waals surface area (Å²) >= 11 is 0. The number of aromatic nitrogens is 1. The van der Waals surface area contributed by atoms with E-state index in [4.69, 9.17) is 0 Å². The highest BCUT2D eigenvalue weighted by Gasteiger charge is 2.20. The van der Waals surface area contributed by atoms with E-state index in [2.05, 4.69) is 42.0 Å². The van der Waals surface area contributed by atoms with Gasteiger partial charge in [0.2, 0.25) is 0 Å². The van der Waals surface area contributed by atoms with E-state index in [9.17, 15) is 0 Å². The van der Waals surface area contributed by atoms with E-state index in [1.807, 2.05) is 12.4 Å². The fourth-order valence-corrected chi connectivity index (χ4v) is 2.60. The Labute approximate surface area is 111 Å². The van der Waals surface area contributed by atoms with E-state index in [0.29, 0.717) is 6.04 Å². The minimum atomic E-state index is 0.602. The van der Waals surface area contributed by atoms with Gasteiger partial charge in [0.15, 0.2) is 0 Å². The van der Waals surface area contributed by atoms with Crippen LogP contribution in [0.4, 0.5) is 5.69 Å². The van der Waals surface area contributed by atoms with Gasteiger partial charge in [-0.3, -0.25) is 4.98 Å². The lowest BCUT2D eigenvalue weighted by Gasteiger charge is -2.34. The molecule has 1 aromatic heterocycles. The van der Waals surface area contributed by atoms with Gasteiger partial charge in [-0.05, 0) is 43.9 Å². The molecule has 100 valence electrons. The molecule has 0 saturated carbocycles. The summed E-state index contributed by atoms with van der Waals surface area (Å²) in [4.78, 5) is 6.67. The third kappa shape index (κ3) is 3.45. The van der Waals surface area contributed by atoms with Crippen molar-refractivity contribution in [2.45, 2.75) is 39.7 Å². The van der Waals surface area contributed by atoms with Crippen LogP contribution in [-0.2, 0) is 0 Å². The standard InChI is InChI=1S/C15H25N3/c1-12(2)17-11-14-5-8-18(9-6-14)15-4-7-16-10-13(15)3/h4,7,10,12,14,17H,5-6,8-9,11H2,1-3H3. The molecule has 0 aromatic carbocycles. The number of piperidine rings is 1. The van der Waals surface area contributed by atoms with Gasteiger partial charge in [-0.15, -0.1) is 0 Å². The molecular formula is C15H25N3. The summed E-state index contributed by atoms with van der Waals surface area (Å²) < 4.78 is 0. The van der Waals surface area contributed by atoms with Crippen molar-refractivity contribution in [3.63, 3.8) is 0 Å². The Morgan fingerprint density at radius 2 is 2.11 bits per heavy atom. The summed E-state index contributed by atoms with van der Waals surface area (Å²) in [5.74, 6) is 0.839. The van der Waals surface area contributed by atoms with E-state index in [-0.39, 0.29) is 0 Å². The fourth-order valence-electron chi connectivity index (χ4n) is 2.60. The first kappa shape index (κ1) is 13.3. The topological polar surface area (TPSA) is 28.2 Å². The largest absolute Gasteiger partial charge is 0.371 e. The summed E-state index contributed by atoms with van der Waals surface area (Å²) in [6.45, 7) is 10.1. The number of pyridine rings is 1. The maximum absolute atomic E-state index is 4.17. The number of nitrogens with zero attached hydrogens (tertiary/aromatic N) is 2. The summed E-state index contributed by atoms with van der Waals surface area (Å²) in [6.07, 6.45) is 6.44. The predicted octanol–water partition coefficient (Wildman–Crippen LogP) is 2.60. The van der Waals surface area contributed by atoms with E-state index in [1.165, 1.54) is 43.7 Å². The van der Waals surface area contributed by atoms with Gasteiger partial charge in [-0.2, -0.15) is 0 Å². The Kier molecular flexibility index (Phi) is 4.59. The minimum Gasteiger partial charge on any atom is -0.371 e. The number of aryl methyl sites for hydroxylation is 1. The zero-order chi connectivity index (χ0) is 13.0. The Balaban J connectivity index is 1.85. The second-order valence-corrected chi connectivity index (χ2v) is 5.66. The van der Waals surface area contributed by atoms with E-state index in [0.717, 1.165) is 5.92 Å². The quantitative estimate of drug-likeness (QED) is 0.886. The normalized spacial score (nSPS) is 17.4. The molecule has 1 aliphatic rings. The monoisotopic (exact) mass is 247 g/mol. The number of rotatable bonds is 4. The number of anilines is 1. The molecule has 1 aliphatic heterocycles. The van der Waals surface area contributed by atoms with Crippen molar-refractivity contribution in [2.75, 3.05) is 24.5 Å². The summed E-state index contributed by atoms with van der Waals surface area (Å²) in [5, 5.41) is 3.55. The minimum absolute atomic E-state index is 0.602. The maximum Gasteiger partial charge on any atom is 0.0426 e. The third-order valence-corrected chi connectivity index (χ3v) is 3.76. The second kappa shape index (κ2) is 6.19. The van der Waals surface area contributed by atoms with E-state index in [1.54, 1.807) is 0 Å². The van der Waals surface area contributed by atoms with Crippen LogP contribution in [0.25, 0.3) is 0 Å². The molecule has 0 radical (unpaired) electrons. The second-order valence-electron chi connectivity index (χ2n) is 5.66. The predicted molar refractivity (Wildman–Crippen MR) is 77.0 cm³/mol. The summed E-state index contributed by atoms with van der Waals surface area (Å²) in [6, 6.07) is 2.74. The van der Waals surface area contributed by atoms with Gasteiger partial charge < -0.3 is 10.2 Å². The zero-order valence-electron chi connectivity index (χ0n) is 11.8. The third-order valence-electron chi connectivity index (χ3n) is 3.76. The molecule has 0 aliphatic carbocycles. The van der Waals surface area contributed by atoms with Gasteiger partial charge in [0, 0.05) is 37.2 Å². The SMILES string of the molecule is Cc1cnccc1N1CCC(CNC(C)C)CC1. The molecule has 1 N–H and O–H groups in total. The molecule has 1 fully saturated rings. The van der Waals surface area contributed by atoms with Crippen molar-refractivity contribution in [1.29, 1.82) is 0 Å². The Morgan fingerprint density at radius 3 is 2.72 bits per heavy atom. The fraction of sp³-hybridized carbons (Fsp3) is 0.667. The Bertz CT molecular complexity index is 368. The van der Waals surface area contributed by atoms with Crippen molar-refractivity contribution >= 4 is 5.69 Å². The molecule has 0 spiro atoms. The van der Waals surface area contributed by atoms with Crippen LogP contribution < -0.4 is 10.2 Å². The van der Waals surface area contributed by atoms with Crippen molar-refractivity contribution in [3.8, 4) is 0 Å². The Hall–Kier alpha value is -1.09. The van der Waals surface area contributed by atoms with E-state index >= 15 is 0 Å². The maximum atomic E-state index is 4.17. The van der Waals surface area contributed by atoms with Crippen molar-refractivity contribution < 1.29 is 0 Å². The van der Waals surface area contributed by atoms with Crippen LogP contribution in [-0.4, -0.2) is 30.7 Å². The molecule has 2 rings (SSSR count). The van der Waals surface area contributed by atoms with Crippen molar-refractivity contribution in [1.82, 2.24) is 10.3 Å². The molecule has 3 nitrogen and oxygen atoms in total. The zero-order valence-corrected chi connectivity index (χ0v) is 11.8. The average molecular weight is 247 g/mol. The lowest BCUT2D eigenvalue weighted by Crippen LogP contribution is -2.39. The van der Waals surface area contributed by atoms with Gasteiger partial charge in [-0.25, -0.2) is 0 Å². The first-order valence-corrected chi connectivity index (χ1v) is 7.05. The van der Waals surface area contributed by atoms with Crippen LogP contribution in [0.5, 0.6) is 0 Å². The van der Waals surface area contributed by atoms with Crippen LogP contribution in [0.15, 0.2) is 18.5 Å². The first-order chi connectivity index (χ1) is 8.66. The molecule has 0 atom stereocenters. The summed E-state index contributed by atoms with van der Waals surface area (Å²) in [5.41, 5.74) is 2.65. The highest BCUT2D eigenvalue weighted by molar-refractivity contribution is 5.51. The van der Waals surface area contributed by atoms with Gasteiger partial charge in [0.05, 0.1) is 0 Å². The lowest BCUT2D eigenvalue weighted by molar-refractivity contribution is 0.370. The molecule has 1 aromatic rings. The first-order valence-electron chi connectivity index (χ1n) is 7.05. The smallest absolute Gasteiger partial charge is 0.0426 e. The van der Waals surface area contributed by atoms with Gasteiger partial charge >= 0.3 is 0 Å². The highest BCUT2D eigenvalue weighted by Crippen LogP contribution is 2.24. The van der Waals surface area contributed by atoms with Crippen LogP contribution >= 0.6 is 0 Å². The molecule has 18 heavy (non-hydrogen) atoms. The molecule has 0 bridgehead atoms. The summed E-state index contributed by atoms with van der Waals surface area (Å²) in [7, 11) is 0. The number of hydrogen-bond acceptors (Lipinski definition) is 3. The number of nitrogens with one attached hydrogen (secondary N) is 1. The Morgan fingerprint density at radius 1 is 1.39 bits per heavy atom. The van der Waals surface area contributed by atoms with Crippen molar-refractivity contribution in [3.05, 3.63) is 24.0 Å². The molecule has 0 unspecified atom stereocenters. The van der Waals surface area contributed by atoms with Crippen LogP contribution in [0, 0.1) is 12.8 Å². The molecule has 1 saturated heterocycles. The van der Waals surface area contributed by atoms with Crippen LogP contribution in [0.2, 0.25) is 0 Å². The molecule has 0 amide bonds.